The first-order chi connectivity index (χ1) is 14.4. The maximum absolute atomic E-state index is 13.3. The third-order valence-corrected chi connectivity index (χ3v) is 6.97. The van der Waals surface area contributed by atoms with Crippen molar-refractivity contribution in [3.63, 3.8) is 0 Å². The topological polar surface area (TPSA) is 91.4 Å². The lowest BCUT2D eigenvalue weighted by Gasteiger charge is -2.33. The first-order valence-electron chi connectivity index (χ1n) is 9.55. The average Bonchev–Trinajstić information content (AvgIpc) is 2.73. The van der Waals surface area contributed by atoms with Crippen molar-refractivity contribution in [3.8, 4) is 0 Å². The van der Waals surface area contributed by atoms with Gasteiger partial charge in [0.25, 0.3) is 10.2 Å². The van der Waals surface area contributed by atoms with Crippen LogP contribution in [0, 0.1) is 0 Å². The smallest absolute Gasteiger partial charge is 0.279 e. The summed E-state index contributed by atoms with van der Waals surface area (Å²) in [6.07, 6.45) is 3.32. The Bertz CT molecular complexity index is 1210. The highest BCUT2D eigenvalue weighted by Gasteiger charge is 2.36. The van der Waals surface area contributed by atoms with Crippen LogP contribution in [0.1, 0.15) is 24.0 Å². The second-order valence-corrected chi connectivity index (χ2v) is 9.28. The first kappa shape index (κ1) is 20.7. The van der Waals surface area contributed by atoms with Gasteiger partial charge in [0.05, 0.1) is 17.8 Å². The van der Waals surface area contributed by atoms with E-state index >= 15 is 0 Å². The molecule has 156 valence electrons. The van der Waals surface area contributed by atoms with Crippen LogP contribution < -0.4 is 10.0 Å². The lowest BCUT2D eigenvalue weighted by Crippen LogP contribution is -2.46. The highest BCUT2D eigenvalue weighted by molar-refractivity contribution is 7.87. The highest BCUT2D eigenvalue weighted by Crippen LogP contribution is 2.33. The summed E-state index contributed by atoms with van der Waals surface area (Å²) < 4.78 is 29.0. The van der Waals surface area contributed by atoms with E-state index in [9.17, 15) is 13.2 Å². The monoisotopic (exact) mass is 444 g/mol. The minimum atomic E-state index is -3.70. The van der Waals surface area contributed by atoms with Gasteiger partial charge in [0, 0.05) is 41.6 Å². The van der Waals surface area contributed by atoms with Crippen LogP contribution in [0.4, 0.5) is 5.69 Å². The number of halogens is 1. The molecule has 1 aromatic heterocycles. The number of aromatic nitrogens is 1. The van der Waals surface area contributed by atoms with Gasteiger partial charge < -0.3 is 5.32 Å². The van der Waals surface area contributed by atoms with Crippen LogP contribution >= 0.6 is 11.6 Å². The molecule has 1 aliphatic rings. The van der Waals surface area contributed by atoms with Crippen LogP contribution in [-0.2, 0) is 21.5 Å². The molecule has 30 heavy (non-hydrogen) atoms. The number of amides is 1. The van der Waals surface area contributed by atoms with E-state index in [0.717, 1.165) is 21.9 Å². The predicted octanol–water partition coefficient (Wildman–Crippen LogP) is 3.28. The molecular formula is C21H21ClN4O3S. The second kappa shape index (κ2) is 8.31. The molecule has 0 unspecified atom stereocenters. The zero-order valence-corrected chi connectivity index (χ0v) is 17.9. The van der Waals surface area contributed by atoms with Crippen molar-refractivity contribution in [3.05, 3.63) is 71.0 Å². The van der Waals surface area contributed by atoms with Gasteiger partial charge in [0.15, 0.2) is 0 Å². The van der Waals surface area contributed by atoms with E-state index in [4.69, 9.17) is 11.6 Å². The normalized spacial score (nSPS) is 16.9. The minimum Gasteiger partial charge on any atom is -0.324 e. The van der Waals surface area contributed by atoms with Crippen LogP contribution in [0.2, 0.25) is 5.02 Å². The molecule has 3 aromatic rings. The summed E-state index contributed by atoms with van der Waals surface area (Å²) in [5, 5.41) is 5.20. The zero-order valence-electron chi connectivity index (χ0n) is 16.3. The number of fused-ring (bicyclic) bond motifs is 2. The molecule has 0 saturated heterocycles. The Balaban J connectivity index is 1.70. The Hall–Kier alpha value is -2.52. The van der Waals surface area contributed by atoms with Gasteiger partial charge in [-0.3, -0.25) is 9.78 Å². The van der Waals surface area contributed by atoms with Crippen LogP contribution in [0.15, 0.2) is 54.9 Å². The third-order valence-electron chi connectivity index (χ3n) is 5.13. The molecule has 0 radical (unpaired) electrons. The van der Waals surface area contributed by atoms with E-state index in [2.05, 4.69) is 15.0 Å². The SMILES string of the molecule is CCNS(=O)(=O)N1Cc2ccc(Cl)cc2[C@H](C(=O)Nc2cncc3ccccc23)C1. The third kappa shape index (κ3) is 4.04. The maximum atomic E-state index is 13.3. The van der Waals surface area contributed by atoms with E-state index in [1.165, 1.54) is 4.31 Å². The molecule has 2 aromatic carbocycles. The molecule has 2 N–H and O–H groups in total. The maximum Gasteiger partial charge on any atom is 0.279 e. The number of nitrogens with one attached hydrogen (secondary N) is 2. The van der Waals surface area contributed by atoms with Crippen molar-refractivity contribution in [1.82, 2.24) is 14.0 Å². The van der Waals surface area contributed by atoms with Gasteiger partial charge in [0.1, 0.15) is 0 Å². The number of anilines is 1. The molecule has 7 nitrogen and oxygen atoms in total. The van der Waals surface area contributed by atoms with Crippen LogP contribution in [0.3, 0.4) is 0 Å². The Morgan fingerprint density at radius 2 is 2.03 bits per heavy atom. The fourth-order valence-corrected chi connectivity index (χ4v) is 5.09. The lowest BCUT2D eigenvalue weighted by atomic mass is 9.90. The van der Waals surface area contributed by atoms with Crippen LogP contribution in [0.25, 0.3) is 10.8 Å². The number of nitrogens with zero attached hydrogens (tertiary/aromatic N) is 2. The molecule has 0 saturated carbocycles. The number of carbonyl (C=O) groups is 1. The molecule has 0 fully saturated rings. The highest BCUT2D eigenvalue weighted by atomic mass is 35.5. The molecule has 1 aliphatic heterocycles. The summed E-state index contributed by atoms with van der Waals surface area (Å²) >= 11 is 6.18. The van der Waals surface area contributed by atoms with Gasteiger partial charge in [-0.15, -0.1) is 0 Å². The predicted molar refractivity (Wildman–Crippen MR) is 118 cm³/mol. The average molecular weight is 445 g/mol. The molecule has 2 heterocycles. The molecule has 0 bridgehead atoms. The fraction of sp³-hybridized carbons (Fsp3) is 0.238. The van der Waals surface area contributed by atoms with Crippen molar-refractivity contribution in [2.75, 3.05) is 18.4 Å². The Kier molecular flexibility index (Phi) is 5.75. The van der Waals surface area contributed by atoms with E-state index in [0.29, 0.717) is 10.7 Å². The van der Waals surface area contributed by atoms with E-state index in [1.807, 2.05) is 24.3 Å². The number of rotatable bonds is 5. The van der Waals surface area contributed by atoms with Gasteiger partial charge >= 0.3 is 0 Å². The van der Waals surface area contributed by atoms with Crippen molar-refractivity contribution < 1.29 is 13.2 Å². The first-order valence-corrected chi connectivity index (χ1v) is 11.4. The Morgan fingerprint density at radius 1 is 1.23 bits per heavy atom. The summed E-state index contributed by atoms with van der Waals surface area (Å²) in [6.45, 7) is 2.19. The van der Waals surface area contributed by atoms with Crippen molar-refractivity contribution in [2.24, 2.45) is 0 Å². The van der Waals surface area contributed by atoms with Gasteiger partial charge in [-0.25, -0.2) is 4.72 Å². The summed E-state index contributed by atoms with van der Waals surface area (Å²) in [5.74, 6) is -1.02. The van der Waals surface area contributed by atoms with Crippen molar-refractivity contribution >= 4 is 44.2 Å². The number of pyridine rings is 1. The largest absolute Gasteiger partial charge is 0.324 e. The van der Waals surface area contributed by atoms with Crippen molar-refractivity contribution in [2.45, 2.75) is 19.4 Å². The number of benzene rings is 2. The van der Waals surface area contributed by atoms with Crippen LogP contribution in [0.5, 0.6) is 0 Å². The standard InChI is InChI=1S/C21H21ClN4O3S/c1-2-24-30(28,29)26-12-15-7-8-16(22)9-18(15)19(13-26)21(27)25-20-11-23-10-14-5-3-4-6-17(14)20/h3-11,19,24H,2,12-13H2,1H3,(H,25,27)/t19-/m1/s1. The van der Waals surface area contributed by atoms with Crippen LogP contribution in [-0.4, -0.2) is 36.7 Å². The van der Waals surface area contributed by atoms with Crippen molar-refractivity contribution in [1.29, 1.82) is 0 Å². The van der Waals surface area contributed by atoms with Gasteiger partial charge in [-0.2, -0.15) is 12.7 Å². The molecule has 1 atom stereocenters. The number of carbonyl (C=O) groups excluding carboxylic acids is 1. The number of hydrogen-bond acceptors (Lipinski definition) is 4. The van der Waals surface area contributed by atoms with E-state index in [-0.39, 0.29) is 25.5 Å². The zero-order chi connectivity index (χ0) is 21.3. The second-order valence-electron chi connectivity index (χ2n) is 7.09. The van der Waals surface area contributed by atoms with Gasteiger partial charge in [-0.1, -0.05) is 48.9 Å². The Morgan fingerprint density at radius 3 is 2.83 bits per heavy atom. The molecule has 0 spiro atoms. The molecule has 0 aliphatic carbocycles. The van der Waals surface area contributed by atoms with Gasteiger partial charge in [0.2, 0.25) is 5.91 Å². The quantitative estimate of drug-likeness (QED) is 0.631. The molecular weight excluding hydrogens is 424 g/mol. The molecule has 9 heteroatoms. The summed E-state index contributed by atoms with van der Waals surface area (Å²) in [4.78, 5) is 17.5. The summed E-state index contributed by atoms with van der Waals surface area (Å²) in [5.41, 5.74) is 2.06. The van der Waals surface area contributed by atoms with E-state index < -0.39 is 16.1 Å². The molecule has 4 rings (SSSR count). The van der Waals surface area contributed by atoms with Gasteiger partial charge in [-0.05, 0) is 23.3 Å². The summed E-state index contributed by atoms with van der Waals surface area (Å²) in [6, 6.07) is 12.8. The minimum absolute atomic E-state index is 0.0205. The Labute approximate surface area is 180 Å². The fourth-order valence-electron chi connectivity index (χ4n) is 3.71. The lowest BCUT2D eigenvalue weighted by molar-refractivity contribution is -0.118. The summed E-state index contributed by atoms with van der Waals surface area (Å²) in [7, 11) is -3.70. The number of hydrogen-bond donors (Lipinski definition) is 2. The molecule has 1 amide bonds. The van der Waals surface area contributed by atoms with E-state index in [1.54, 1.807) is 37.5 Å².